The summed E-state index contributed by atoms with van der Waals surface area (Å²) < 4.78 is 0. The Morgan fingerprint density at radius 3 is 3.03 bits per heavy atom. The Morgan fingerprint density at radius 1 is 1.41 bits per heavy atom. The number of carboxylic acid groups (broad SMARTS) is 1. The van der Waals surface area contributed by atoms with Crippen molar-refractivity contribution in [2.45, 2.75) is 24.9 Å². The van der Waals surface area contributed by atoms with Crippen molar-refractivity contribution in [3.8, 4) is 0 Å². The first-order valence-electron chi connectivity index (χ1n) is 8.95. The van der Waals surface area contributed by atoms with Gasteiger partial charge >= 0.3 is 29.6 Å². The van der Waals surface area contributed by atoms with Gasteiger partial charge in [0.05, 0.1) is 17.2 Å². The summed E-state index contributed by atoms with van der Waals surface area (Å²) in [6, 6.07) is 6.21. The molecular weight excluding hydrogens is 417 g/mol. The SMILES string of the molecule is O=C([O-])C1=CS[C@@H]2/C(=C\c3cc4c(s3)CCN(Cc3cccnc3)C4)C(=O)N12.[Na+]. The molecule has 0 unspecified atom stereocenters. The quantitative estimate of drug-likeness (QED) is 0.335. The molecule has 6 nitrogen and oxygen atoms in total. The summed E-state index contributed by atoms with van der Waals surface area (Å²) in [5.41, 5.74) is 3.14. The standard InChI is InChI=1S/C20H17N3O3S2.Na/c24-18-15(19-23(18)16(11-27-19)20(25)26)7-14-6-13-10-22(5-3-17(13)28-14)9-12-2-1-4-21-8-12;/h1-2,4,6-8,11,19H,3,5,9-10H2,(H,25,26);/q;+1/p-1/b15-7-;/t19-;/m1./s1. The largest absolute Gasteiger partial charge is 1.00 e. The molecule has 0 radical (unpaired) electrons. The van der Waals surface area contributed by atoms with E-state index in [1.165, 1.54) is 38.1 Å². The van der Waals surface area contributed by atoms with Crippen molar-refractivity contribution in [2.75, 3.05) is 6.54 Å². The Hall–Kier alpha value is -1.42. The maximum Gasteiger partial charge on any atom is 1.00 e. The van der Waals surface area contributed by atoms with Crippen LogP contribution in [-0.2, 0) is 29.1 Å². The van der Waals surface area contributed by atoms with E-state index in [-0.39, 0.29) is 46.5 Å². The number of thioether (sulfide) groups is 1. The molecular formula is C20H16N3NaO3S2. The van der Waals surface area contributed by atoms with E-state index >= 15 is 0 Å². The maximum atomic E-state index is 12.4. The molecule has 0 aliphatic carbocycles. The Labute approximate surface area is 198 Å². The first-order chi connectivity index (χ1) is 13.6. The zero-order valence-electron chi connectivity index (χ0n) is 15.8. The van der Waals surface area contributed by atoms with Gasteiger partial charge in [0.25, 0.3) is 5.91 Å². The number of aromatic nitrogens is 1. The molecule has 0 spiro atoms. The number of rotatable bonds is 4. The van der Waals surface area contributed by atoms with E-state index in [0.717, 1.165) is 30.9 Å². The van der Waals surface area contributed by atoms with Gasteiger partial charge in [-0.1, -0.05) is 6.07 Å². The van der Waals surface area contributed by atoms with Crippen LogP contribution in [-0.4, -0.2) is 38.6 Å². The Kier molecular flexibility index (Phi) is 6.02. The van der Waals surface area contributed by atoms with Crippen molar-refractivity contribution >= 4 is 41.1 Å². The summed E-state index contributed by atoms with van der Waals surface area (Å²) in [7, 11) is 0. The molecule has 5 rings (SSSR count). The van der Waals surface area contributed by atoms with E-state index in [4.69, 9.17) is 0 Å². The predicted octanol–water partition coefficient (Wildman–Crippen LogP) is -1.40. The van der Waals surface area contributed by atoms with Crippen molar-refractivity contribution in [1.29, 1.82) is 0 Å². The normalized spacial score (nSPS) is 21.9. The molecule has 0 aromatic carbocycles. The van der Waals surface area contributed by atoms with E-state index in [1.54, 1.807) is 17.5 Å². The minimum Gasteiger partial charge on any atom is -0.543 e. The predicted molar refractivity (Wildman–Crippen MR) is 106 cm³/mol. The minimum atomic E-state index is -1.30. The summed E-state index contributed by atoms with van der Waals surface area (Å²) in [5.74, 6) is -1.54. The minimum absolute atomic E-state index is 0. The van der Waals surface area contributed by atoms with Gasteiger partial charge in [-0.25, -0.2) is 0 Å². The zero-order chi connectivity index (χ0) is 19.3. The number of amides is 1. The zero-order valence-corrected chi connectivity index (χ0v) is 19.5. The first-order valence-corrected chi connectivity index (χ1v) is 10.7. The van der Waals surface area contributed by atoms with Gasteiger partial charge < -0.3 is 9.90 Å². The van der Waals surface area contributed by atoms with Crippen molar-refractivity contribution < 1.29 is 44.3 Å². The van der Waals surface area contributed by atoms with Crippen LogP contribution in [0.1, 0.15) is 20.9 Å². The third-order valence-corrected chi connectivity index (χ3v) is 7.40. The van der Waals surface area contributed by atoms with Gasteiger partial charge in [0, 0.05) is 41.8 Å². The van der Waals surface area contributed by atoms with Crippen LogP contribution in [0.15, 0.2) is 47.3 Å². The first kappa shape index (κ1) is 20.8. The van der Waals surface area contributed by atoms with Crippen LogP contribution in [0, 0.1) is 0 Å². The second-order valence-electron chi connectivity index (χ2n) is 6.97. The average Bonchev–Trinajstić information content (AvgIpc) is 3.28. The van der Waals surface area contributed by atoms with E-state index in [9.17, 15) is 14.7 Å². The number of nitrogens with zero attached hydrogens (tertiary/aromatic N) is 3. The van der Waals surface area contributed by atoms with Gasteiger partial charge in [0.15, 0.2) is 0 Å². The van der Waals surface area contributed by atoms with Crippen LogP contribution in [0.2, 0.25) is 0 Å². The molecule has 0 N–H and O–H groups in total. The number of pyridine rings is 1. The Balaban J connectivity index is 0.00000205. The summed E-state index contributed by atoms with van der Waals surface area (Å²) >= 11 is 3.06. The fourth-order valence-corrected chi connectivity index (χ4v) is 6.02. The third kappa shape index (κ3) is 3.85. The number of carbonyl (C=O) groups excluding carboxylic acids is 2. The molecule has 1 saturated heterocycles. The molecule has 1 amide bonds. The number of hydrogen-bond donors (Lipinski definition) is 0. The number of carbonyl (C=O) groups is 2. The Morgan fingerprint density at radius 2 is 2.28 bits per heavy atom. The summed E-state index contributed by atoms with van der Waals surface area (Å²) in [4.78, 5) is 33.8. The third-order valence-electron chi connectivity index (χ3n) is 5.14. The summed E-state index contributed by atoms with van der Waals surface area (Å²) in [6.45, 7) is 2.77. The number of aliphatic carboxylic acids is 1. The monoisotopic (exact) mass is 433 g/mol. The molecule has 0 bridgehead atoms. The fraction of sp³-hybridized carbons (Fsp3) is 0.250. The fourth-order valence-electron chi connectivity index (χ4n) is 3.78. The number of fused-ring (bicyclic) bond motifs is 2. The van der Waals surface area contributed by atoms with Gasteiger partial charge in [0.1, 0.15) is 5.37 Å². The van der Waals surface area contributed by atoms with Crippen LogP contribution >= 0.6 is 23.1 Å². The van der Waals surface area contributed by atoms with Crippen LogP contribution < -0.4 is 34.7 Å². The summed E-state index contributed by atoms with van der Waals surface area (Å²) in [5, 5.41) is 12.3. The van der Waals surface area contributed by atoms with E-state index in [2.05, 4.69) is 22.0 Å². The number of thiophene rings is 1. The van der Waals surface area contributed by atoms with Crippen molar-refractivity contribution in [1.82, 2.24) is 14.8 Å². The second-order valence-corrected chi connectivity index (χ2v) is 9.10. The van der Waals surface area contributed by atoms with E-state index in [1.807, 2.05) is 18.3 Å². The van der Waals surface area contributed by atoms with Crippen molar-refractivity contribution in [2.24, 2.45) is 0 Å². The van der Waals surface area contributed by atoms with Crippen LogP contribution in [0.25, 0.3) is 6.08 Å². The number of hydrogen-bond acceptors (Lipinski definition) is 7. The van der Waals surface area contributed by atoms with Crippen LogP contribution in [0.3, 0.4) is 0 Å². The molecule has 142 valence electrons. The smallest absolute Gasteiger partial charge is 0.543 e. The van der Waals surface area contributed by atoms with Gasteiger partial charge in [-0.15, -0.1) is 23.1 Å². The average molecular weight is 433 g/mol. The van der Waals surface area contributed by atoms with Gasteiger partial charge in [-0.2, -0.15) is 0 Å². The topological polar surface area (TPSA) is 76.6 Å². The van der Waals surface area contributed by atoms with E-state index in [0.29, 0.717) is 5.57 Å². The molecule has 2 aromatic heterocycles. The number of β-lactam (4-membered cyclic amide) rings is 1. The van der Waals surface area contributed by atoms with E-state index < -0.39 is 5.97 Å². The van der Waals surface area contributed by atoms with Gasteiger partial charge in [-0.05, 0) is 41.2 Å². The molecule has 29 heavy (non-hydrogen) atoms. The van der Waals surface area contributed by atoms with Gasteiger partial charge in [0.2, 0.25) is 0 Å². The molecule has 1 fully saturated rings. The van der Waals surface area contributed by atoms with Crippen molar-refractivity contribution in [3.05, 3.63) is 68.2 Å². The molecule has 1 atom stereocenters. The molecule has 5 heterocycles. The molecule has 3 aliphatic rings. The molecule has 9 heteroatoms. The Bertz CT molecular complexity index is 1030. The van der Waals surface area contributed by atoms with Gasteiger partial charge in [-0.3, -0.25) is 19.6 Å². The molecule has 3 aliphatic heterocycles. The van der Waals surface area contributed by atoms with Crippen LogP contribution in [0.5, 0.6) is 0 Å². The summed E-state index contributed by atoms with van der Waals surface area (Å²) in [6.07, 6.45) is 6.60. The van der Waals surface area contributed by atoms with Crippen LogP contribution in [0.4, 0.5) is 0 Å². The molecule has 2 aromatic rings. The molecule has 0 saturated carbocycles. The second kappa shape index (κ2) is 8.37. The van der Waals surface area contributed by atoms with Crippen molar-refractivity contribution in [3.63, 3.8) is 0 Å². The number of carboxylic acids is 1. The maximum absolute atomic E-state index is 12.4.